The van der Waals surface area contributed by atoms with Gasteiger partial charge in [0.05, 0.1) is 5.75 Å². The van der Waals surface area contributed by atoms with Crippen molar-refractivity contribution < 1.29 is 4.79 Å². The summed E-state index contributed by atoms with van der Waals surface area (Å²) in [5, 5.41) is 0. The Morgan fingerprint density at radius 3 is 2.50 bits per heavy atom. The Morgan fingerprint density at radius 1 is 1.33 bits per heavy atom. The molecular weight excluding hydrogens is 244 g/mol. The van der Waals surface area contributed by atoms with Crippen LogP contribution >= 0.6 is 11.8 Å². The number of carbonyl (C=O) groups excluding carboxylic acids is 1. The molecule has 0 radical (unpaired) electrons. The van der Waals surface area contributed by atoms with Gasteiger partial charge in [-0.1, -0.05) is 30.3 Å². The zero-order valence-corrected chi connectivity index (χ0v) is 12.2. The first-order chi connectivity index (χ1) is 8.38. The van der Waals surface area contributed by atoms with Gasteiger partial charge in [0.15, 0.2) is 0 Å². The van der Waals surface area contributed by atoms with E-state index in [1.165, 1.54) is 0 Å². The van der Waals surface area contributed by atoms with Gasteiger partial charge in [0.25, 0.3) is 0 Å². The van der Waals surface area contributed by atoms with Gasteiger partial charge in [0.1, 0.15) is 0 Å². The lowest BCUT2D eigenvalue weighted by atomic mass is 10.1. The summed E-state index contributed by atoms with van der Waals surface area (Å²) in [6.07, 6.45) is 0. The standard InChI is InChI=1S/C14H22N2OS/c1-14(2,15)11-18-10-13(17)16(3)9-12-7-5-4-6-8-12/h4-8H,9-11,15H2,1-3H3. The summed E-state index contributed by atoms with van der Waals surface area (Å²) in [6.45, 7) is 4.60. The van der Waals surface area contributed by atoms with Crippen LogP contribution in [0.3, 0.4) is 0 Å². The minimum Gasteiger partial charge on any atom is -0.341 e. The predicted octanol–water partition coefficient (Wildman–Crippen LogP) is 2.12. The number of nitrogens with zero attached hydrogens (tertiary/aromatic N) is 1. The van der Waals surface area contributed by atoms with Crippen LogP contribution in [-0.4, -0.2) is 34.9 Å². The van der Waals surface area contributed by atoms with Crippen LogP contribution in [-0.2, 0) is 11.3 Å². The summed E-state index contributed by atoms with van der Waals surface area (Å²) in [5.41, 5.74) is 6.81. The Morgan fingerprint density at radius 2 is 1.94 bits per heavy atom. The lowest BCUT2D eigenvalue weighted by molar-refractivity contribution is -0.127. The molecule has 0 saturated carbocycles. The highest BCUT2D eigenvalue weighted by molar-refractivity contribution is 8.00. The average molecular weight is 266 g/mol. The van der Waals surface area contributed by atoms with Crippen molar-refractivity contribution in [1.29, 1.82) is 0 Å². The van der Waals surface area contributed by atoms with Crippen LogP contribution in [0.4, 0.5) is 0 Å². The maximum absolute atomic E-state index is 11.9. The van der Waals surface area contributed by atoms with Crippen LogP contribution in [0.25, 0.3) is 0 Å². The Labute approximate surface area is 114 Å². The fraction of sp³-hybridized carbons (Fsp3) is 0.500. The first-order valence-corrected chi connectivity index (χ1v) is 7.18. The minimum absolute atomic E-state index is 0.146. The van der Waals surface area contributed by atoms with Crippen molar-refractivity contribution in [2.45, 2.75) is 25.9 Å². The molecule has 1 aromatic rings. The van der Waals surface area contributed by atoms with E-state index in [0.29, 0.717) is 12.3 Å². The second-order valence-electron chi connectivity index (χ2n) is 5.22. The van der Waals surface area contributed by atoms with Gasteiger partial charge in [0.2, 0.25) is 5.91 Å². The third-order valence-corrected chi connectivity index (χ3v) is 3.79. The molecule has 18 heavy (non-hydrogen) atoms. The van der Waals surface area contributed by atoms with Crippen LogP contribution in [0.2, 0.25) is 0 Å². The summed E-state index contributed by atoms with van der Waals surface area (Å²) in [4.78, 5) is 13.7. The summed E-state index contributed by atoms with van der Waals surface area (Å²) in [6, 6.07) is 10.0. The van der Waals surface area contributed by atoms with Gasteiger partial charge < -0.3 is 10.6 Å². The number of amides is 1. The molecule has 0 heterocycles. The Hall–Kier alpha value is -1.00. The smallest absolute Gasteiger partial charge is 0.232 e. The van der Waals surface area contributed by atoms with Crippen LogP contribution < -0.4 is 5.73 Å². The van der Waals surface area contributed by atoms with Gasteiger partial charge >= 0.3 is 0 Å². The summed E-state index contributed by atoms with van der Waals surface area (Å²) >= 11 is 1.59. The molecule has 0 saturated heterocycles. The van der Waals surface area contributed by atoms with Crippen LogP contribution in [0.15, 0.2) is 30.3 Å². The number of rotatable bonds is 6. The number of carbonyl (C=O) groups is 1. The minimum atomic E-state index is -0.219. The van der Waals surface area contributed by atoms with Gasteiger partial charge in [-0.05, 0) is 19.4 Å². The molecule has 0 unspecified atom stereocenters. The Balaban J connectivity index is 2.34. The number of nitrogens with two attached hydrogens (primary N) is 1. The van der Waals surface area contributed by atoms with Crippen molar-refractivity contribution in [3.8, 4) is 0 Å². The molecule has 0 aliphatic heterocycles. The summed E-state index contributed by atoms with van der Waals surface area (Å²) in [7, 11) is 1.84. The van der Waals surface area contributed by atoms with Crippen LogP contribution in [0.5, 0.6) is 0 Å². The first kappa shape index (κ1) is 15.1. The zero-order valence-electron chi connectivity index (χ0n) is 11.3. The highest BCUT2D eigenvalue weighted by atomic mass is 32.2. The van der Waals surface area contributed by atoms with Gasteiger partial charge in [-0.25, -0.2) is 0 Å². The maximum Gasteiger partial charge on any atom is 0.232 e. The molecule has 0 aliphatic carbocycles. The van der Waals surface area contributed by atoms with Gasteiger partial charge in [0, 0.05) is 24.9 Å². The molecule has 1 amide bonds. The first-order valence-electron chi connectivity index (χ1n) is 6.03. The largest absolute Gasteiger partial charge is 0.341 e. The summed E-state index contributed by atoms with van der Waals surface area (Å²) < 4.78 is 0. The quantitative estimate of drug-likeness (QED) is 0.858. The monoisotopic (exact) mass is 266 g/mol. The number of benzene rings is 1. The fourth-order valence-corrected chi connectivity index (χ4v) is 2.48. The van der Waals surface area contributed by atoms with E-state index < -0.39 is 0 Å². The molecule has 2 N–H and O–H groups in total. The molecule has 0 spiro atoms. The number of thioether (sulfide) groups is 1. The molecule has 0 atom stereocenters. The maximum atomic E-state index is 11.9. The van der Waals surface area contributed by atoms with Gasteiger partial charge in [-0.2, -0.15) is 11.8 Å². The lowest BCUT2D eigenvalue weighted by Crippen LogP contribution is -2.36. The molecule has 1 aromatic carbocycles. The normalized spacial score (nSPS) is 11.3. The molecular formula is C14H22N2OS. The molecule has 4 heteroatoms. The molecule has 0 aliphatic rings. The number of hydrogen-bond acceptors (Lipinski definition) is 3. The molecule has 100 valence electrons. The SMILES string of the molecule is CN(Cc1ccccc1)C(=O)CSCC(C)(C)N. The zero-order chi connectivity index (χ0) is 13.6. The third-order valence-electron chi connectivity index (χ3n) is 2.39. The molecule has 0 aromatic heterocycles. The van der Waals surface area contributed by atoms with Crippen molar-refractivity contribution >= 4 is 17.7 Å². The van der Waals surface area contributed by atoms with E-state index in [4.69, 9.17) is 5.73 Å². The molecule has 1 rings (SSSR count). The second-order valence-corrected chi connectivity index (χ2v) is 6.20. The predicted molar refractivity (Wildman–Crippen MR) is 78.5 cm³/mol. The second kappa shape index (κ2) is 6.81. The van der Waals surface area contributed by atoms with E-state index in [-0.39, 0.29) is 11.4 Å². The third kappa shape index (κ3) is 6.07. The van der Waals surface area contributed by atoms with Crippen molar-refractivity contribution in [2.75, 3.05) is 18.6 Å². The molecule has 3 nitrogen and oxygen atoms in total. The van der Waals surface area contributed by atoms with Crippen LogP contribution in [0.1, 0.15) is 19.4 Å². The van der Waals surface area contributed by atoms with E-state index >= 15 is 0 Å². The topological polar surface area (TPSA) is 46.3 Å². The summed E-state index contributed by atoms with van der Waals surface area (Å²) in [5.74, 6) is 1.43. The van der Waals surface area contributed by atoms with E-state index in [0.717, 1.165) is 11.3 Å². The molecule has 0 fully saturated rings. The van der Waals surface area contributed by atoms with Crippen molar-refractivity contribution in [3.05, 3.63) is 35.9 Å². The van der Waals surface area contributed by atoms with E-state index in [1.54, 1.807) is 16.7 Å². The highest BCUT2D eigenvalue weighted by Gasteiger charge is 2.14. The Bertz CT molecular complexity index is 373. The lowest BCUT2D eigenvalue weighted by Gasteiger charge is -2.20. The molecule has 0 bridgehead atoms. The fourth-order valence-electron chi connectivity index (χ4n) is 1.46. The highest BCUT2D eigenvalue weighted by Crippen LogP contribution is 2.11. The van der Waals surface area contributed by atoms with Gasteiger partial charge in [-0.15, -0.1) is 0 Å². The Kier molecular flexibility index (Phi) is 5.69. The van der Waals surface area contributed by atoms with E-state index in [2.05, 4.69) is 0 Å². The average Bonchev–Trinajstić information content (AvgIpc) is 2.28. The van der Waals surface area contributed by atoms with Crippen molar-refractivity contribution in [3.63, 3.8) is 0 Å². The van der Waals surface area contributed by atoms with Crippen molar-refractivity contribution in [2.24, 2.45) is 5.73 Å². The van der Waals surface area contributed by atoms with E-state index in [9.17, 15) is 4.79 Å². The number of hydrogen-bond donors (Lipinski definition) is 1. The van der Waals surface area contributed by atoms with Crippen LogP contribution in [0, 0.1) is 0 Å². The van der Waals surface area contributed by atoms with Gasteiger partial charge in [-0.3, -0.25) is 4.79 Å². The van der Waals surface area contributed by atoms with Crippen molar-refractivity contribution in [1.82, 2.24) is 4.90 Å². The van der Waals surface area contributed by atoms with E-state index in [1.807, 2.05) is 51.2 Å².